The molecule has 1 aromatic heterocycles. The van der Waals surface area contributed by atoms with Crippen LogP contribution in [0.3, 0.4) is 0 Å². The van der Waals surface area contributed by atoms with E-state index >= 15 is 0 Å². The number of methoxy groups -OCH3 is 2. The number of halogens is 2. The van der Waals surface area contributed by atoms with Crippen molar-refractivity contribution in [1.82, 2.24) is 10.2 Å². The van der Waals surface area contributed by atoms with Crippen molar-refractivity contribution in [2.75, 3.05) is 19.5 Å². The molecule has 3 rings (SSSR count). The lowest BCUT2D eigenvalue weighted by molar-refractivity contribution is -0.122. The average molecular weight is 431 g/mol. The lowest BCUT2D eigenvalue weighted by Crippen LogP contribution is -2.30. The minimum Gasteiger partial charge on any atom is -0.497 e. The number of ether oxygens (including phenoxy) is 3. The van der Waals surface area contributed by atoms with Crippen LogP contribution in [0.25, 0.3) is 0 Å². The number of aromatic amines is 1. The van der Waals surface area contributed by atoms with Crippen molar-refractivity contribution in [3.8, 4) is 17.2 Å². The number of nitrogens with zero attached hydrogens (tertiary/aromatic N) is 1. The van der Waals surface area contributed by atoms with E-state index in [0.29, 0.717) is 30.2 Å². The first-order valence-electron chi connectivity index (χ1n) is 9.56. The fraction of sp³-hybridized carbons (Fsp3) is 0.273. The Balaban J connectivity index is 1.55. The molecule has 0 bridgehead atoms. The predicted molar refractivity (Wildman–Crippen MR) is 111 cm³/mol. The maximum Gasteiger partial charge on any atom is 0.266 e. The molecule has 0 saturated heterocycles. The number of H-pyrrole nitrogens is 1. The summed E-state index contributed by atoms with van der Waals surface area (Å²) in [6.45, 7) is 1.50. The number of carbonyl (C=O) groups is 1. The largest absolute Gasteiger partial charge is 0.497 e. The van der Waals surface area contributed by atoms with Crippen LogP contribution in [-0.4, -0.2) is 36.4 Å². The smallest absolute Gasteiger partial charge is 0.266 e. The second-order valence-corrected chi connectivity index (χ2v) is 6.82. The van der Waals surface area contributed by atoms with Crippen LogP contribution in [0, 0.1) is 11.6 Å². The van der Waals surface area contributed by atoms with Gasteiger partial charge in [-0.2, -0.15) is 5.10 Å². The molecule has 2 aromatic carbocycles. The highest BCUT2D eigenvalue weighted by molar-refractivity contribution is 5.93. The summed E-state index contributed by atoms with van der Waals surface area (Å²) in [5, 5.41) is 9.59. The number of carbonyl (C=O) groups excluding carboxylic acids is 1. The van der Waals surface area contributed by atoms with Gasteiger partial charge in [-0.1, -0.05) is 0 Å². The maximum atomic E-state index is 13.3. The topological polar surface area (TPSA) is 85.5 Å². The van der Waals surface area contributed by atoms with Crippen molar-refractivity contribution in [2.45, 2.75) is 25.9 Å². The van der Waals surface area contributed by atoms with Crippen LogP contribution < -0.4 is 19.5 Å². The van der Waals surface area contributed by atoms with Gasteiger partial charge in [0.15, 0.2) is 23.6 Å². The summed E-state index contributed by atoms with van der Waals surface area (Å²) in [5.41, 5.74) is 1.86. The van der Waals surface area contributed by atoms with E-state index in [9.17, 15) is 13.6 Å². The number of aromatic nitrogens is 2. The molecule has 1 unspecified atom stereocenters. The fourth-order valence-corrected chi connectivity index (χ4v) is 2.88. The first kappa shape index (κ1) is 22.1. The van der Waals surface area contributed by atoms with Gasteiger partial charge in [-0.15, -0.1) is 0 Å². The Bertz CT molecular complexity index is 1030. The minimum atomic E-state index is -1.05. The van der Waals surface area contributed by atoms with Crippen LogP contribution in [0.5, 0.6) is 17.2 Å². The molecule has 31 heavy (non-hydrogen) atoms. The van der Waals surface area contributed by atoms with Crippen LogP contribution in [-0.2, 0) is 17.6 Å². The Morgan fingerprint density at radius 2 is 1.71 bits per heavy atom. The molecule has 3 aromatic rings. The molecular weight excluding hydrogens is 408 g/mol. The first-order chi connectivity index (χ1) is 14.9. The van der Waals surface area contributed by atoms with Crippen LogP contribution in [0.4, 0.5) is 14.6 Å². The Hall–Kier alpha value is -3.62. The van der Waals surface area contributed by atoms with Gasteiger partial charge in [0.1, 0.15) is 17.2 Å². The van der Waals surface area contributed by atoms with Crippen LogP contribution in [0.15, 0.2) is 42.5 Å². The third kappa shape index (κ3) is 5.94. The van der Waals surface area contributed by atoms with Crippen molar-refractivity contribution < 1.29 is 27.8 Å². The van der Waals surface area contributed by atoms with E-state index in [0.717, 1.165) is 23.4 Å². The van der Waals surface area contributed by atoms with Crippen molar-refractivity contribution in [3.63, 3.8) is 0 Å². The maximum absolute atomic E-state index is 13.3. The minimum absolute atomic E-state index is 0.0537. The summed E-state index contributed by atoms with van der Waals surface area (Å²) >= 11 is 0. The molecule has 0 spiro atoms. The molecule has 2 N–H and O–H groups in total. The number of rotatable bonds is 9. The summed E-state index contributed by atoms with van der Waals surface area (Å²) in [5.74, 6) is -0.692. The molecule has 164 valence electrons. The number of anilines is 1. The van der Waals surface area contributed by atoms with Gasteiger partial charge in [-0.25, -0.2) is 8.78 Å². The average Bonchev–Trinajstić information content (AvgIpc) is 3.21. The van der Waals surface area contributed by atoms with Crippen molar-refractivity contribution in [1.29, 1.82) is 0 Å². The van der Waals surface area contributed by atoms with Crippen LogP contribution in [0.2, 0.25) is 0 Å². The van der Waals surface area contributed by atoms with E-state index in [1.54, 1.807) is 26.4 Å². The van der Waals surface area contributed by atoms with Gasteiger partial charge in [-0.3, -0.25) is 9.89 Å². The van der Waals surface area contributed by atoms with E-state index in [4.69, 9.17) is 14.2 Å². The van der Waals surface area contributed by atoms with E-state index < -0.39 is 23.6 Å². The second kappa shape index (κ2) is 9.92. The molecule has 1 heterocycles. The monoisotopic (exact) mass is 431 g/mol. The van der Waals surface area contributed by atoms with Gasteiger partial charge in [0.05, 0.1) is 14.2 Å². The molecular formula is C22H23F2N3O4. The second-order valence-electron chi connectivity index (χ2n) is 6.82. The summed E-state index contributed by atoms with van der Waals surface area (Å²) in [7, 11) is 3.19. The molecule has 9 heteroatoms. The Labute approximate surface area is 178 Å². The molecule has 0 aliphatic rings. The highest BCUT2D eigenvalue weighted by Gasteiger charge is 2.17. The van der Waals surface area contributed by atoms with Gasteiger partial charge in [0, 0.05) is 23.9 Å². The zero-order chi connectivity index (χ0) is 22.4. The molecule has 7 nitrogen and oxygen atoms in total. The van der Waals surface area contributed by atoms with Crippen molar-refractivity contribution in [3.05, 3.63) is 65.4 Å². The van der Waals surface area contributed by atoms with Gasteiger partial charge < -0.3 is 19.5 Å². The SMILES string of the molecule is COc1cc(CCc2cc(NC(=O)C(C)Oc3ccc(F)c(F)c3)n[nH]2)cc(OC)c1. The Kier molecular flexibility index (Phi) is 7.07. The van der Waals surface area contributed by atoms with Gasteiger partial charge >= 0.3 is 0 Å². The van der Waals surface area contributed by atoms with Crippen LogP contribution in [0.1, 0.15) is 18.2 Å². The molecule has 0 aliphatic carbocycles. The third-order valence-electron chi connectivity index (χ3n) is 4.55. The van der Waals surface area contributed by atoms with Gasteiger partial charge in [0.2, 0.25) is 0 Å². The normalized spacial score (nSPS) is 11.6. The summed E-state index contributed by atoms with van der Waals surface area (Å²) < 4.78 is 42.2. The quantitative estimate of drug-likeness (QED) is 0.537. The zero-order valence-corrected chi connectivity index (χ0v) is 17.4. The van der Waals surface area contributed by atoms with Crippen molar-refractivity contribution in [2.24, 2.45) is 0 Å². The number of aryl methyl sites for hydroxylation is 2. The van der Waals surface area contributed by atoms with E-state index in [-0.39, 0.29) is 5.75 Å². The molecule has 0 saturated carbocycles. The summed E-state index contributed by atoms with van der Waals surface area (Å²) in [6.07, 6.45) is 0.424. The number of amides is 1. The van der Waals surface area contributed by atoms with E-state index in [1.807, 2.05) is 12.1 Å². The third-order valence-corrected chi connectivity index (χ3v) is 4.55. The molecule has 0 aliphatic heterocycles. The lowest BCUT2D eigenvalue weighted by Gasteiger charge is -2.13. The first-order valence-corrected chi connectivity index (χ1v) is 9.56. The van der Waals surface area contributed by atoms with Crippen LogP contribution >= 0.6 is 0 Å². The molecule has 1 atom stereocenters. The molecule has 0 radical (unpaired) electrons. The van der Waals surface area contributed by atoms with E-state index in [1.165, 1.54) is 13.0 Å². The highest BCUT2D eigenvalue weighted by atomic mass is 19.2. The highest BCUT2D eigenvalue weighted by Crippen LogP contribution is 2.23. The summed E-state index contributed by atoms with van der Waals surface area (Å²) in [6, 6.07) is 10.5. The number of hydrogen-bond donors (Lipinski definition) is 2. The summed E-state index contributed by atoms with van der Waals surface area (Å²) in [4.78, 5) is 12.3. The lowest BCUT2D eigenvalue weighted by atomic mass is 10.1. The van der Waals surface area contributed by atoms with Gasteiger partial charge in [-0.05, 0) is 49.6 Å². The standard InChI is InChI=1S/C22H23F2N3O4/c1-13(31-16-6-7-19(23)20(24)12-16)22(28)25-21-10-15(26-27-21)5-4-14-8-17(29-2)11-18(9-14)30-3/h6-13H,4-5H2,1-3H3,(H2,25,26,27,28). The number of benzene rings is 2. The Morgan fingerprint density at radius 1 is 1.00 bits per heavy atom. The predicted octanol–water partition coefficient (Wildman–Crippen LogP) is 3.90. The fourth-order valence-electron chi connectivity index (χ4n) is 2.88. The number of hydrogen-bond acceptors (Lipinski definition) is 5. The van der Waals surface area contributed by atoms with Gasteiger partial charge in [0.25, 0.3) is 5.91 Å². The molecule has 1 amide bonds. The van der Waals surface area contributed by atoms with Crippen molar-refractivity contribution >= 4 is 11.7 Å². The Morgan fingerprint density at radius 3 is 2.35 bits per heavy atom. The number of nitrogens with one attached hydrogen (secondary N) is 2. The van der Waals surface area contributed by atoms with E-state index in [2.05, 4.69) is 15.5 Å². The molecule has 0 fully saturated rings. The zero-order valence-electron chi connectivity index (χ0n) is 17.4.